The molecule has 0 aliphatic carbocycles. The monoisotopic (exact) mass is 160 g/mol. The molecule has 0 aliphatic rings. The molecule has 0 aromatic carbocycles. The van der Waals surface area contributed by atoms with Crippen LogP contribution in [0.3, 0.4) is 0 Å². The number of halogens is 1. The van der Waals surface area contributed by atoms with Gasteiger partial charge in [-0.15, -0.1) is 0 Å². The van der Waals surface area contributed by atoms with E-state index in [-0.39, 0.29) is 12.6 Å². The Morgan fingerprint density at radius 2 is 1.55 bits per heavy atom. The lowest BCUT2D eigenvalue weighted by Crippen LogP contribution is -1.97. The summed E-state index contributed by atoms with van der Waals surface area (Å²) >= 11 is 0. The summed E-state index contributed by atoms with van der Waals surface area (Å²) in [4.78, 5) is 0. The first-order valence-corrected chi connectivity index (χ1v) is 4.72. The van der Waals surface area contributed by atoms with Crippen molar-refractivity contribution in [3.05, 3.63) is 0 Å². The molecule has 0 N–H and O–H groups in total. The Morgan fingerprint density at radius 3 is 2.00 bits per heavy atom. The Hall–Kier alpha value is -0.0700. The van der Waals surface area contributed by atoms with Gasteiger partial charge in [0.2, 0.25) is 0 Å². The number of rotatable bonds is 6. The molecule has 0 spiro atoms. The molecule has 0 unspecified atom stereocenters. The second-order valence-electron chi connectivity index (χ2n) is 3.94. The fourth-order valence-corrected chi connectivity index (χ4v) is 1.12. The van der Waals surface area contributed by atoms with Crippen LogP contribution in [-0.4, -0.2) is 6.67 Å². The van der Waals surface area contributed by atoms with Crippen LogP contribution in [0.2, 0.25) is 0 Å². The van der Waals surface area contributed by atoms with Crippen molar-refractivity contribution in [2.75, 3.05) is 6.67 Å². The average Bonchev–Trinajstić information content (AvgIpc) is 1.97. The van der Waals surface area contributed by atoms with E-state index in [4.69, 9.17) is 0 Å². The normalized spacial score (nSPS) is 13.9. The molecule has 0 aromatic rings. The predicted octanol–water partition coefficient (Wildman–Crippen LogP) is 3.81. The van der Waals surface area contributed by atoms with Crippen molar-refractivity contribution in [3.8, 4) is 0 Å². The Labute approximate surface area is 70.2 Å². The molecule has 0 saturated carbocycles. The summed E-state index contributed by atoms with van der Waals surface area (Å²) < 4.78 is 12.0. The van der Waals surface area contributed by atoms with Crippen LogP contribution in [-0.2, 0) is 0 Å². The van der Waals surface area contributed by atoms with Crippen molar-refractivity contribution in [1.29, 1.82) is 0 Å². The third-order valence-corrected chi connectivity index (χ3v) is 1.99. The SMILES string of the molecule is CC(C)CCCC[C@H](C)CF. The predicted molar refractivity (Wildman–Crippen MR) is 48.4 cm³/mol. The molecule has 0 bridgehead atoms. The van der Waals surface area contributed by atoms with Gasteiger partial charge < -0.3 is 0 Å². The largest absolute Gasteiger partial charge is 0.251 e. The Bertz CT molecular complexity index is 78.9. The molecule has 11 heavy (non-hydrogen) atoms. The maximum absolute atomic E-state index is 12.0. The van der Waals surface area contributed by atoms with Crippen LogP contribution in [0, 0.1) is 11.8 Å². The first-order valence-electron chi connectivity index (χ1n) is 4.72. The Kier molecular flexibility index (Phi) is 6.59. The number of unbranched alkanes of at least 4 members (excludes halogenated alkanes) is 1. The van der Waals surface area contributed by atoms with Gasteiger partial charge in [-0.05, 0) is 18.3 Å². The molecule has 0 fully saturated rings. The molecule has 0 saturated heterocycles. The van der Waals surface area contributed by atoms with Crippen LogP contribution in [0.15, 0.2) is 0 Å². The highest BCUT2D eigenvalue weighted by atomic mass is 19.1. The van der Waals surface area contributed by atoms with Gasteiger partial charge >= 0.3 is 0 Å². The summed E-state index contributed by atoms with van der Waals surface area (Å²) in [6.07, 6.45) is 4.81. The smallest absolute Gasteiger partial charge is 0.0919 e. The van der Waals surface area contributed by atoms with E-state index in [0.29, 0.717) is 0 Å². The van der Waals surface area contributed by atoms with Gasteiger partial charge in [0.25, 0.3) is 0 Å². The number of hydrogen-bond acceptors (Lipinski definition) is 0. The maximum atomic E-state index is 12.0. The summed E-state index contributed by atoms with van der Waals surface area (Å²) in [5.41, 5.74) is 0. The summed E-state index contributed by atoms with van der Waals surface area (Å²) in [5, 5.41) is 0. The summed E-state index contributed by atoms with van der Waals surface area (Å²) in [6.45, 7) is 6.30. The minimum Gasteiger partial charge on any atom is -0.251 e. The Morgan fingerprint density at radius 1 is 1.00 bits per heavy atom. The molecule has 0 aliphatic heterocycles. The maximum Gasteiger partial charge on any atom is 0.0919 e. The van der Waals surface area contributed by atoms with Gasteiger partial charge in [-0.25, -0.2) is 0 Å². The molecule has 0 aromatic heterocycles. The fourth-order valence-electron chi connectivity index (χ4n) is 1.12. The van der Waals surface area contributed by atoms with Crippen molar-refractivity contribution >= 4 is 0 Å². The van der Waals surface area contributed by atoms with Crippen LogP contribution >= 0.6 is 0 Å². The molecule has 0 amide bonds. The van der Waals surface area contributed by atoms with Crippen LogP contribution < -0.4 is 0 Å². The first-order chi connectivity index (χ1) is 5.16. The lowest BCUT2D eigenvalue weighted by molar-refractivity contribution is 0.352. The molecular weight excluding hydrogens is 139 g/mol. The lowest BCUT2D eigenvalue weighted by Gasteiger charge is -2.07. The van der Waals surface area contributed by atoms with E-state index < -0.39 is 0 Å². The highest BCUT2D eigenvalue weighted by Crippen LogP contribution is 2.12. The molecule has 0 rings (SSSR count). The van der Waals surface area contributed by atoms with E-state index in [9.17, 15) is 4.39 Å². The lowest BCUT2D eigenvalue weighted by atomic mass is 10.0. The topological polar surface area (TPSA) is 0 Å². The zero-order chi connectivity index (χ0) is 8.69. The van der Waals surface area contributed by atoms with Crippen molar-refractivity contribution < 1.29 is 4.39 Å². The van der Waals surface area contributed by atoms with E-state index in [0.717, 1.165) is 12.3 Å². The molecule has 68 valence electrons. The van der Waals surface area contributed by atoms with Crippen LogP contribution in [0.1, 0.15) is 46.5 Å². The molecular formula is C10H21F. The van der Waals surface area contributed by atoms with Crippen molar-refractivity contribution in [3.63, 3.8) is 0 Å². The standard InChI is InChI=1S/C10H21F/c1-9(2)6-4-5-7-10(3)8-11/h9-10H,4-8H2,1-3H3/t10-/m0/s1. The highest BCUT2D eigenvalue weighted by molar-refractivity contribution is 4.52. The molecule has 0 nitrogen and oxygen atoms in total. The summed E-state index contributed by atoms with van der Waals surface area (Å²) in [6, 6.07) is 0. The summed E-state index contributed by atoms with van der Waals surface area (Å²) in [7, 11) is 0. The minimum absolute atomic E-state index is 0.151. The summed E-state index contributed by atoms with van der Waals surface area (Å²) in [5.74, 6) is 1.08. The van der Waals surface area contributed by atoms with Crippen LogP contribution in [0.4, 0.5) is 4.39 Å². The highest BCUT2D eigenvalue weighted by Gasteiger charge is 2.00. The third kappa shape index (κ3) is 7.83. The van der Waals surface area contributed by atoms with Gasteiger partial charge in [-0.1, -0.05) is 40.0 Å². The van der Waals surface area contributed by atoms with Crippen LogP contribution in [0.5, 0.6) is 0 Å². The number of hydrogen-bond donors (Lipinski definition) is 0. The van der Waals surface area contributed by atoms with Gasteiger partial charge in [-0.2, -0.15) is 0 Å². The molecule has 1 heteroatoms. The van der Waals surface area contributed by atoms with Gasteiger partial charge in [0.15, 0.2) is 0 Å². The minimum atomic E-state index is -0.151. The second-order valence-corrected chi connectivity index (χ2v) is 3.94. The first kappa shape index (κ1) is 10.9. The zero-order valence-electron chi connectivity index (χ0n) is 8.07. The quantitative estimate of drug-likeness (QED) is 0.518. The average molecular weight is 160 g/mol. The molecule has 0 heterocycles. The van der Waals surface area contributed by atoms with E-state index in [1.165, 1.54) is 19.3 Å². The molecule has 0 radical (unpaired) electrons. The van der Waals surface area contributed by atoms with Crippen LogP contribution in [0.25, 0.3) is 0 Å². The van der Waals surface area contributed by atoms with E-state index in [1.807, 2.05) is 6.92 Å². The van der Waals surface area contributed by atoms with Gasteiger partial charge in [-0.3, -0.25) is 4.39 Å². The van der Waals surface area contributed by atoms with E-state index in [2.05, 4.69) is 13.8 Å². The van der Waals surface area contributed by atoms with Crippen molar-refractivity contribution in [2.24, 2.45) is 11.8 Å². The fraction of sp³-hybridized carbons (Fsp3) is 1.00. The van der Waals surface area contributed by atoms with Gasteiger partial charge in [0.1, 0.15) is 0 Å². The van der Waals surface area contributed by atoms with Gasteiger partial charge in [0.05, 0.1) is 6.67 Å². The van der Waals surface area contributed by atoms with E-state index in [1.54, 1.807) is 0 Å². The number of alkyl halides is 1. The zero-order valence-corrected chi connectivity index (χ0v) is 8.07. The second kappa shape index (κ2) is 6.63. The van der Waals surface area contributed by atoms with E-state index >= 15 is 0 Å². The third-order valence-electron chi connectivity index (χ3n) is 1.99. The van der Waals surface area contributed by atoms with Crippen molar-refractivity contribution in [2.45, 2.75) is 46.5 Å². The van der Waals surface area contributed by atoms with Gasteiger partial charge in [0, 0.05) is 0 Å². The van der Waals surface area contributed by atoms with Crippen molar-refractivity contribution in [1.82, 2.24) is 0 Å². The Balaban J connectivity index is 3.01. The molecule has 1 atom stereocenters.